The third-order valence-electron chi connectivity index (χ3n) is 1.63. The van der Waals surface area contributed by atoms with Crippen molar-refractivity contribution < 1.29 is 14.6 Å². The minimum absolute atomic E-state index is 0.0703. The molecule has 0 aliphatic carbocycles. The van der Waals surface area contributed by atoms with E-state index in [0.717, 1.165) is 0 Å². The zero-order valence-electron chi connectivity index (χ0n) is 6.70. The van der Waals surface area contributed by atoms with E-state index in [-0.39, 0.29) is 5.78 Å². The van der Waals surface area contributed by atoms with E-state index >= 15 is 0 Å². The Bertz CT molecular complexity index is 194. The summed E-state index contributed by atoms with van der Waals surface area (Å²) in [5.41, 5.74) is 0. The summed E-state index contributed by atoms with van der Waals surface area (Å²) in [7, 11) is 0. The molecule has 3 heteroatoms. The molecule has 1 unspecified atom stereocenters. The summed E-state index contributed by atoms with van der Waals surface area (Å²) in [6.07, 6.45) is 2.85. The molecule has 3 nitrogen and oxygen atoms in total. The molecule has 0 aromatic heterocycles. The largest absolute Gasteiger partial charge is 0.362 e. The Morgan fingerprint density at radius 3 is 2.91 bits per heavy atom. The van der Waals surface area contributed by atoms with E-state index in [1.165, 1.54) is 19.1 Å². The molecule has 1 N–H and O–H groups in total. The Kier molecular flexibility index (Phi) is 2.11. The lowest BCUT2D eigenvalue weighted by atomic mass is 10.1. The highest BCUT2D eigenvalue weighted by Gasteiger charge is 2.29. The van der Waals surface area contributed by atoms with E-state index in [0.29, 0.717) is 6.42 Å². The fraction of sp³-hybridized carbons (Fsp3) is 0.625. The molecule has 2 atom stereocenters. The van der Waals surface area contributed by atoms with Gasteiger partial charge in [-0.2, -0.15) is 0 Å². The summed E-state index contributed by atoms with van der Waals surface area (Å²) >= 11 is 0. The molecule has 1 aliphatic rings. The number of ketones is 1. The van der Waals surface area contributed by atoms with Crippen LogP contribution in [0.15, 0.2) is 12.2 Å². The van der Waals surface area contributed by atoms with Crippen LogP contribution in [0.1, 0.15) is 20.3 Å². The Hall–Kier alpha value is -0.670. The van der Waals surface area contributed by atoms with Crippen LogP contribution in [0.2, 0.25) is 0 Å². The second kappa shape index (κ2) is 2.75. The van der Waals surface area contributed by atoms with E-state index in [1.807, 2.05) is 6.92 Å². The summed E-state index contributed by atoms with van der Waals surface area (Å²) in [5.74, 6) is -1.34. The highest BCUT2D eigenvalue weighted by atomic mass is 16.6. The number of hydrogen-bond acceptors (Lipinski definition) is 3. The molecule has 62 valence electrons. The highest BCUT2D eigenvalue weighted by molar-refractivity contribution is 5.94. The smallest absolute Gasteiger partial charge is 0.184 e. The van der Waals surface area contributed by atoms with Gasteiger partial charge in [0.25, 0.3) is 0 Å². The summed E-state index contributed by atoms with van der Waals surface area (Å²) in [5, 5.41) is 9.33. The van der Waals surface area contributed by atoms with E-state index in [1.54, 1.807) is 0 Å². The molecule has 0 aromatic carbocycles. The molecular weight excluding hydrogens is 144 g/mol. The van der Waals surface area contributed by atoms with Crippen molar-refractivity contribution in [1.29, 1.82) is 0 Å². The molecular formula is C8H12O3. The van der Waals surface area contributed by atoms with Crippen LogP contribution in [0.5, 0.6) is 0 Å². The average molecular weight is 156 g/mol. The molecule has 0 spiro atoms. The maximum atomic E-state index is 11.0. The molecule has 1 heterocycles. The zero-order chi connectivity index (χ0) is 8.48. The van der Waals surface area contributed by atoms with Crippen LogP contribution in [0.25, 0.3) is 0 Å². The molecule has 0 radical (unpaired) electrons. The van der Waals surface area contributed by atoms with Gasteiger partial charge in [-0.3, -0.25) is 4.79 Å². The lowest BCUT2D eigenvalue weighted by Gasteiger charge is -2.28. The van der Waals surface area contributed by atoms with Gasteiger partial charge >= 0.3 is 0 Å². The van der Waals surface area contributed by atoms with Crippen LogP contribution in [-0.4, -0.2) is 22.8 Å². The van der Waals surface area contributed by atoms with Crippen LogP contribution in [-0.2, 0) is 9.53 Å². The average Bonchev–Trinajstić information content (AvgIpc) is 1.94. The van der Waals surface area contributed by atoms with Gasteiger partial charge in [-0.15, -0.1) is 0 Å². The molecule has 0 aromatic rings. The van der Waals surface area contributed by atoms with Crippen molar-refractivity contribution in [3.8, 4) is 0 Å². The van der Waals surface area contributed by atoms with Crippen molar-refractivity contribution in [3.63, 3.8) is 0 Å². The maximum Gasteiger partial charge on any atom is 0.184 e. The SMILES string of the molecule is CC[C@@H]1OC(C)(O)C=CC1=O. The molecule has 0 bridgehead atoms. The Morgan fingerprint density at radius 2 is 2.45 bits per heavy atom. The lowest BCUT2D eigenvalue weighted by Crippen LogP contribution is -2.38. The molecule has 1 rings (SSSR count). The third kappa shape index (κ3) is 1.88. The molecule has 0 amide bonds. The molecule has 0 saturated heterocycles. The first-order valence-electron chi connectivity index (χ1n) is 3.68. The highest BCUT2D eigenvalue weighted by Crippen LogP contribution is 2.18. The number of rotatable bonds is 1. The Labute approximate surface area is 65.7 Å². The number of hydrogen-bond donors (Lipinski definition) is 1. The van der Waals surface area contributed by atoms with Gasteiger partial charge in [-0.25, -0.2) is 0 Å². The van der Waals surface area contributed by atoms with Crippen LogP contribution in [0.4, 0.5) is 0 Å². The van der Waals surface area contributed by atoms with Gasteiger partial charge in [0.15, 0.2) is 11.6 Å². The standard InChI is InChI=1S/C8H12O3/c1-3-7-6(9)4-5-8(2,10)11-7/h4-5,7,10H,3H2,1-2H3/t7-,8?/m0/s1. The van der Waals surface area contributed by atoms with Crippen molar-refractivity contribution in [2.45, 2.75) is 32.2 Å². The summed E-state index contributed by atoms with van der Waals surface area (Å²) in [6.45, 7) is 3.36. The van der Waals surface area contributed by atoms with Gasteiger partial charge in [-0.05, 0) is 25.5 Å². The van der Waals surface area contributed by atoms with E-state index in [4.69, 9.17) is 4.74 Å². The van der Waals surface area contributed by atoms with E-state index < -0.39 is 11.9 Å². The molecule has 0 fully saturated rings. The fourth-order valence-electron chi connectivity index (χ4n) is 1.01. The third-order valence-corrected chi connectivity index (χ3v) is 1.63. The van der Waals surface area contributed by atoms with Gasteiger partial charge in [-0.1, -0.05) is 6.92 Å². The van der Waals surface area contributed by atoms with Crippen molar-refractivity contribution in [3.05, 3.63) is 12.2 Å². The van der Waals surface area contributed by atoms with Gasteiger partial charge in [0.1, 0.15) is 6.10 Å². The second-order valence-corrected chi connectivity index (χ2v) is 2.81. The minimum Gasteiger partial charge on any atom is -0.362 e. The maximum absolute atomic E-state index is 11.0. The van der Waals surface area contributed by atoms with E-state index in [9.17, 15) is 9.90 Å². The first kappa shape index (κ1) is 8.43. The Morgan fingerprint density at radius 1 is 1.82 bits per heavy atom. The van der Waals surface area contributed by atoms with Crippen LogP contribution in [0, 0.1) is 0 Å². The van der Waals surface area contributed by atoms with Crippen LogP contribution >= 0.6 is 0 Å². The summed E-state index contributed by atoms with van der Waals surface area (Å²) in [4.78, 5) is 11.0. The normalized spacial score (nSPS) is 37.7. The molecule has 0 saturated carbocycles. The minimum atomic E-state index is -1.27. The number of ether oxygens (including phenoxy) is 1. The molecule has 11 heavy (non-hydrogen) atoms. The van der Waals surface area contributed by atoms with Crippen molar-refractivity contribution >= 4 is 5.78 Å². The predicted octanol–water partition coefficient (Wildman–Crippen LogP) is 0.629. The number of carbonyl (C=O) groups excluding carboxylic acids is 1. The van der Waals surface area contributed by atoms with Crippen LogP contribution < -0.4 is 0 Å². The summed E-state index contributed by atoms with van der Waals surface area (Å²) in [6, 6.07) is 0. The Balaban J connectivity index is 2.75. The quantitative estimate of drug-likeness (QED) is 0.605. The number of carbonyl (C=O) groups is 1. The predicted molar refractivity (Wildman–Crippen MR) is 39.9 cm³/mol. The van der Waals surface area contributed by atoms with Crippen molar-refractivity contribution in [1.82, 2.24) is 0 Å². The summed E-state index contributed by atoms with van der Waals surface area (Å²) < 4.78 is 5.05. The topological polar surface area (TPSA) is 46.5 Å². The van der Waals surface area contributed by atoms with Crippen molar-refractivity contribution in [2.75, 3.05) is 0 Å². The second-order valence-electron chi connectivity index (χ2n) is 2.81. The van der Waals surface area contributed by atoms with Gasteiger partial charge in [0.2, 0.25) is 0 Å². The molecule has 1 aliphatic heterocycles. The van der Waals surface area contributed by atoms with Crippen LogP contribution in [0.3, 0.4) is 0 Å². The zero-order valence-corrected chi connectivity index (χ0v) is 6.70. The first-order chi connectivity index (χ1) is 5.05. The fourth-order valence-corrected chi connectivity index (χ4v) is 1.01. The lowest BCUT2D eigenvalue weighted by molar-refractivity contribution is -0.192. The number of aliphatic hydroxyl groups is 1. The van der Waals surface area contributed by atoms with Gasteiger partial charge in [0, 0.05) is 0 Å². The van der Waals surface area contributed by atoms with Gasteiger partial charge in [0.05, 0.1) is 0 Å². The van der Waals surface area contributed by atoms with E-state index in [2.05, 4.69) is 0 Å². The first-order valence-corrected chi connectivity index (χ1v) is 3.68. The monoisotopic (exact) mass is 156 g/mol. The van der Waals surface area contributed by atoms with Crippen molar-refractivity contribution in [2.24, 2.45) is 0 Å². The van der Waals surface area contributed by atoms with Gasteiger partial charge < -0.3 is 9.84 Å².